The molecule has 216 valence electrons. The lowest BCUT2D eigenvalue weighted by Crippen LogP contribution is -2.40. The number of hydrogen-bond acceptors (Lipinski definition) is 10. The number of allylic oxidation sites excluding steroid dienone is 1. The Morgan fingerprint density at radius 3 is 2.57 bits per heavy atom. The molecule has 0 spiro atoms. The Morgan fingerprint density at radius 2 is 1.86 bits per heavy atom. The summed E-state index contributed by atoms with van der Waals surface area (Å²) in [4.78, 5) is 44.1. The third-order valence-corrected chi connectivity index (χ3v) is 7.70. The van der Waals surface area contributed by atoms with Gasteiger partial charge in [-0.2, -0.15) is 0 Å². The zero-order valence-corrected chi connectivity index (χ0v) is 24.4. The maximum absolute atomic E-state index is 13.9. The molecule has 3 heterocycles. The highest BCUT2D eigenvalue weighted by Gasteiger charge is 2.35. The van der Waals surface area contributed by atoms with Gasteiger partial charge >= 0.3 is 11.9 Å². The van der Waals surface area contributed by atoms with Crippen LogP contribution in [-0.2, 0) is 14.3 Å². The van der Waals surface area contributed by atoms with Crippen LogP contribution in [0.1, 0.15) is 41.6 Å². The lowest BCUT2D eigenvalue weighted by atomic mass is 9.95. The summed E-state index contributed by atoms with van der Waals surface area (Å²) in [6.07, 6.45) is 1.63. The monoisotopic (exact) mass is 588 g/mol. The minimum atomic E-state index is -0.850. The number of esters is 2. The van der Waals surface area contributed by atoms with Crippen LogP contribution in [0.3, 0.4) is 0 Å². The highest BCUT2D eigenvalue weighted by Crippen LogP contribution is 2.37. The third-order valence-electron chi connectivity index (χ3n) is 6.72. The van der Waals surface area contributed by atoms with Gasteiger partial charge in [-0.3, -0.25) is 9.36 Å². The highest BCUT2D eigenvalue weighted by molar-refractivity contribution is 7.07. The Labute approximate surface area is 244 Å². The number of methoxy groups -OCH3 is 3. The smallest absolute Gasteiger partial charge is 0.338 e. The number of benzene rings is 2. The maximum Gasteiger partial charge on any atom is 0.338 e. The molecule has 2 aromatic carbocycles. The standard InChI is InChI=1S/C31H28N2O8S/c1-6-40-30(36)26-17(2)32-31-33(27(26)22-12-10-20(37-3)15-24(22)38-4)28(34)25(42-31)16-21-11-13-23(41-21)18-8-7-9-19(14-18)29(35)39-5/h7-16,27H,6H2,1-5H3/b25-16-/t27-/m0/s1. The minimum Gasteiger partial charge on any atom is -0.497 e. The van der Waals surface area contributed by atoms with Gasteiger partial charge in [-0.1, -0.05) is 23.5 Å². The van der Waals surface area contributed by atoms with E-state index < -0.39 is 18.0 Å². The van der Waals surface area contributed by atoms with E-state index in [1.54, 1.807) is 75.6 Å². The van der Waals surface area contributed by atoms with Gasteiger partial charge in [-0.05, 0) is 50.2 Å². The molecule has 5 rings (SSSR count). The van der Waals surface area contributed by atoms with E-state index in [0.29, 0.717) is 54.7 Å². The van der Waals surface area contributed by atoms with Crippen LogP contribution in [-0.4, -0.2) is 44.4 Å². The molecule has 4 aromatic rings. The zero-order chi connectivity index (χ0) is 30.0. The van der Waals surface area contributed by atoms with Crippen LogP contribution in [0.5, 0.6) is 11.5 Å². The van der Waals surface area contributed by atoms with Crippen LogP contribution in [0.25, 0.3) is 17.4 Å². The van der Waals surface area contributed by atoms with Gasteiger partial charge in [0.25, 0.3) is 5.56 Å². The van der Waals surface area contributed by atoms with Gasteiger partial charge < -0.3 is 23.4 Å². The van der Waals surface area contributed by atoms with Gasteiger partial charge in [0, 0.05) is 23.3 Å². The molecule has 0 N–H and O–H groups in total. The number of aromatic nitrogens is 1. The molecule has 0 radical (unpaired) electrons. The molecule has 0 fully saturated rings. The van der Waals surface area contributed by atoms with Crippen molar-refractivity contribution in [2.45, 2.75) is 19.9 Å². The number of ether oxygens (including phenoxy) is 4. The van der Waals surface area contributed by atoms with Crippen molar-refractivity contribution in [3.63, 3.8) is 0 Å². The van der Waals surface area contributed by atoms with Gasteiger partial charge in [0.05, 0.1) is 49.3 Å². The van der Waals surface area contributed by atoms with Crippen molar-refractivity contribution in [1.82, 2.24) is 4.57 Å². The fourth-order valence-corrected chi connectivity index (χ4v) is 5.79. The molecule has 0 amide bonds. The largest absolute Gasteiger partial charge is 0.497 e. The summed E-state index contributed by atoms with van der Waals surface area (Å²) in [7, 11) is 4.38. The number of carbonyl (C=O) groups is 2. The Balaban J connectivity index is 1.63. The first-order valence-corrected chi connectivity index (χ1v) is 13.8. The van der Waals surface area contributed by atoms with Crippen molar-refractivity contribution in [3.05, 3.63) is 102 Å². The number of rotatable bonds is 8. The van der Waals surface area contributed by atoms with Crippen LogP contribution in [0.15, 0.2) is 80.1 Å². The number of nitrogens with zero attached hydrogens (tertiary/aromatic N) is 2. The summed E-state index contributed by atoms with van der Waals surface area (Å²) >= 11 is 1.18. The van der Waals surface area contributed by atoms with Crippen LogP contribution in [0, 0.1) is 0 Å². The normalized spacial score (nSPS) is 14.7. The Kier molecular flexibility index (Phi) is 8.12. The number of carbonyl (C=O) groups excluding carboxylic acids is 2. The van der Waals surface area contributed by atoms with E-state index in [2.05, 4.69) is 4.99 Å². The highest BCUT2D eigenvalue weighted by atomic mass is 32.1. The van der Waals surface area contributed by atoms with E-state index >= 15 is 0 Å². The summed E-state index contributed by atoms with van der Waals surface area (Å²) in [5, 5.41) is 0. The number of furan rings is 1. The van der Waals surface area contributed by atoms with E-state index in [1.807, 2.05) is 6.07 Å². The van der Waals surface area contributed by atoms with Crippen LogP contribution in [0.4, 0.5) is 0 Å². The quantitative estimate of drug-likeness (QED) is 0.285. The van der Waals surface area contributed by atoms with Crippen molar-refractivity contribution in [2.24, 2.45) is 4.99 Å². The molecule has 0 saturated heterocycles. The van der Waals surface area contributed by atoms with Gasteiger partial charge in [-0.25, -0.2) is 14.6 Å². The van der Waals surface area contributed by atoms with E-state index in [4.69, 9.17) is 23.4 Å². The van der Waals surface area contributed by atoms with Crippen molar-refractivity contribution >= 4 is 29.4 Å². The average molecular weight is 589 g/mol. The van der Waals surface area contributed by atoms with E-state index in [0.717, 1.165) is 0 Å². The molecule has 2 aromatic heterocycles. The summed E-state index contributed by atoms with van der Waals surface area (Å²) in [5.41, 5.74) is 1.97. The lowest BCUT2D eigenvalue weighted by molar-refractivity contribution is -0.139. The first-order chi connectivity index (χ1) is 20.3. The van der Waals surface area contributed by atoms with Gasteiger partial charge in [0.1, 0.15) is 29.1 Å². The zero-order valence-electron chi connectivity index (χ0n) is 23.6. The number of thiazole rings is 1. The van der Waals surface area contributed by atoms with Crippen molar-refractivity contribution in [2.75, 3.05) is 27.9 Å². The maximum atomic E-state index is 13.9. The van der Waals surface area contributed by atoms with Gasteiger partial charge in [0.15, 0.2) is 4.80 Å². The SMILES string of the molecule is CCOC(=O)C1=C(C)N=c2s/c(=C\c3ccc(-c4cccc(C(=O)OC)c4)o3)c(=O)n2[C@H]1c1ccc(OC)cc1OC. The van der Waals surface area contributed by atoms with Crippen LogP contribution < -0.4 is 24.4 Å². The fraction of sp³-hybridized carbons (Fsp3) is 0.226. The molecule has 0 unspecified atom stereocenters. The predicted octanol–water partition coefficient (Wildman–Crippen LogP) is 3.86. The molecule has 0 bridgehead atoms. The van der Waals surface area contributed by atoms with E-state index in [-0.39, 0.29) is 17.7 Å². The molecule has 1 atom stereocenters. The van der Waals surface area contributed by atoms with Crippen molar-refractivity contribution in [3.8, 4) is 22.8 Å². The molecule has 10 nitrogen and oxygen atoms in total. The second-order valence-electron chi connectivity index (χ2n) is 9.18. The average Bonchev–Trinajstić information content (AvgIpc) is 3.59. The molecule has 42 heavy (non-hydrogen) atoms. The summed E-state index contributed by atoms with van der Waals surface area (Å²) < 4.78 is 29.0. The topological polar surface area (TPSA) is 119 Å². The number of fused-ring (bicyclic) bond motifs is 1. The van der Waals surface area contributed by atoms with Gasteiger partial charge in [-0.15, -0.1) is 0 Å². The molecule has 0 aliphatic carbocycles. The summed E-state index contributed by atoms with van der Waals surface area (Å²) in [5.74, 6) is 0.924. The first-order valence-electron chi connectivity index (χ1n) is 13.0. The number of hydrogen-bond donors (Lipinski definition) is 0. The van der Waals surface area contributed by atoms with Crippen molar-refractivity contribution < 1.29 is 33.0 Å². The van der Waals surface area contributed by atoms with Crippen molar-refractivity contribution in [1.29, 1.82) is 0 Å². The summed E-state index contributed by atoms with van der Waals surface area (Å²) in [6.45, 7) is 3.60. The van der Waals surface area contributed by atoms with E-state index in [1.165, 1.54) is 30.1 Å². The molecular weight excluding hydrogens is 560 g/mol. The summed E-state index contributed by atoms with van der Waals surface area (Å²) in [6, 6.07) is 14.7. The van der Waals surface area contributed by atoms with Gasteiger partial charge in [0.2, 0.25) is 0 Å². The molecule has 0 saturated carbocycles. The fourth-order valence-electron chi connectivity index (χ4n) is 4.76. The van der Waals surface area contributed by atoms with E-state index in [9.17, 15) is 14.4 Å². The molecule has 11 heteroatoms. The molecule has 1 aliphatic rings. The third kappa shape index (κ3) is 5.26. The minimum absolute atomic E-state index is 0.163. The van der Waals surface area contributed by atoms with Crippen LogP contribution >= 0.6 is 11.3 Å². The molecule has 1 aliphatic heterocycles. The predicted molar refractivity (Wildman–Crippen MR) is 155 cm³/mol. The second-order valence-corrected chi connectivity index (χ2v) is 10.2. The Bertz CT molecular complexity index is 1900. The Hall–Kier alpha value is -4.90. The first kappa shape index (κ1) is 28.6. The van der Waals surface area contributed by atoms with Crippen LogP contribution in [0.2, 0.25) is 0 Å². The second kappa shape index (κ2) is 11.9. The Morgan fingerprint density at radius 1 is 1.05 bits per heavy atom. The molecular formula is C31H28N2O8S. The lowest BCUT2D eigenvalue weighted by Gasteiger charge is -2.26.